The van der Waals surface area contributed by atoms with Crippen LogP contribution < -0.4 is 4.90 Å². The molecule has 0 atom stereocenters. The van der Waals surface area contributed by atoms with Gasteiger partial charge in [-0.3, -0.25) is 0 Å². The molecule has 1 heteroatoms. The molecule has 0 aliphatic carbocycles. The van der Waals surface area contributed by atoms with E-state index in [1.165, 1.54) is 0 Å². The summed E-state index contributed by atoms with van der Waals surface area (Å²) in [5.74, 6) is 0. The molecule has 0 N–H and O–H groups in total. The van der Waals surface area contributed by atoms with Gasteiger partial charge >= 0.3 is 0 Å². The fourth-order valence-corrected chi connectivity index (χ4v) is 2.33. The molecule has 0 aliphatic rings. The van der Waals surface area contributed by atoms with Crippen molar-refractivity contribution in [2.24, 2.45) is 0 Å². The molecule has 0 saturated carbocycles. The topological polar surface area (TPSA) is 3.24 Å². The third-order valence-corrected chi connectivity index (χ3v) is 3.51. The van der Waals surface area contributed by atoms with Gasteiger partial charge in [0, 0.05) is 17.1 Å². The summed E-state index contributed by atoms with van der Waals surface area (Å²) in [6.45, 7) is 9.76. The van der Waals surface area contributed by atoms with Crippen LogP contribution in [-0.2, 0) is 0 Å². The van der Waals surface area contributed by atoms with Crippen LogP contribution in [0.15, 0.2) is 122 Å². The van der Waals surface area contributed by atoms with Gasteiger partial charge in [0.1, 0.15) is 0 Å². The van der Waals surface area contributed by atoms with Crippen molar-refractivity contribution in [2.45, 2.75) is 6.92 Å². The Kier molecular flexibility index (Phi) is 6.60. The highest BCUT2D eigenvalue weighted by molar-refractivity contribution is 5.70. The molecule has 0 fully saturated rings. The fraction of sp³-hybridized carbons (Fsp3) is 0.0435. The van der Waals surface area contributed by atoms with Gasteiger partial charge in [-0.1, -0.05) is 79.4 Å². The second-order valence-corrected chi connectivity index (χ2v) is 5.31. The Morgan fingerprint density at radius 1 is 0.833 bits per heavy atom. The molecular weight excluding hydrogens is 290 g/mol. The van der Waals surface area contributed by atoms with Gasteiger partial charge < -0.3 is 4.90 Å². The lowest BCUT2D eigenvalue weighted by Crippen LogP contribution is -2.14. The Morgan fingerprint density at radius 2 is 1.38 bits per heavy atom. The zero-order chi connectivity index (χ0) is 17.2. The lowest BCUT2D eigenvalue weighted by molar-refractivity contribution is 1.21. The molecule has 0 radical (unpaired) electrons. The van der Waals surface area contributed by atoms with Crippen molar-refractivity contribution in [3.63, 3.8) is 0 Å². The van der Waals surface area contributed by atoms with Crippen LogP contribution in [-0.4, -0.2) is 0 Å². The van der Waals surface area contributed by atoms with Crippen molar-refractivity contribution >= 4 is 11.4 Å². The Labute approximate surface area is 145 Å². The van der Waals surface area contributed by atoms with Crippen molar-refractivity contribution in [1.29, 1.82) is 0 Å². The predicted octanol–water partition coefficient (Wildman–Crippen LogP) is 6.58. The fourth-order valence-electron chi connectivity index (χ4n) is 2.33. The molecule has 1 nitrogen and oxygen atoms in total. The summed E-state index contributed by atoms with van der Waals surface area (Å²) in [6, 6.07) is 20.6. The number of hydrogen-bond donors (Lipinski definition) is 0. The lowest BCUT2D eigenvalue weighted by Gasteiger charge is -2.26. The van der Waals surface area contributed by atoms with E-state index in [-0.39, 0.29) is 0 Å². The highest BCUT2D eigenvalue weighted by atomic mass is 15.1. The van der Waals surface area contributed by atoms with Crippen molar-refractivity contribution in [3.05, 3.63) is 122 Å². The first-order valence-corrected chi connectivity index (χ1v) is 7.96. The first-order valence-electron chi connectivity index (χ1n) is 7.96. The average molecular weight is 313 g/mol. The predicted molar refractivity (Wildman–Crippen MR) is 106 cm³/mol. The first kappa shape index (κ1) is 17.3. The average Bonchev–Trinajstić information content (AvgIpc) is 2.64. The van der Waals surface area contributed by atoms with Crippen LogP contribution in [0.5, 0.6) is 0 Å². The zero-order valence-electron chi connectivity index (χ0n) is 14.1. The smallest absolute Gasteiger partial charge is 0.0461 e. The van der Waals surface area contributed by atoms with Crippen LogP contribution in [0.1, 0.15) is 6.92 Å². The van der Waals surface area contributed by atoms with E-state index < -0.39 is 0 Å². The summed E-state index contributed by atoms with van der Waals surface area (Å²) in [6.07, 6.45) is 11.8. The van der Waals surface area contributed by atoms with E-state index in [1.807, 2.05) is 54.6 Å². The van der Waals surface area contributed by atoms with Gasteiger partial charge in [-0.2, -0.15) is 0 Å². The molecule has 24 heavy (non-hydrogen) atoms. The number of nitrogens with zero attached hydrogens (tertiary/aromatic N) is 1. The summed E-state index contributed by atoms with van der Waals surface area (Å²) in [5, 5.41) is 0. The van der Waals surface area contributed by atoms with Crippen molar-refractivity contribution in [3.8, 4) is 0 Å². The quantitative estimate of drug-likeness (QED) is 0.522. The van der Waals surface area contributed by atoms with E-state index in [9.17, 15) is 0 Å². The number of rotatable bonds is 7. The standard InChI is InChI=1S/C23H23N/c1-4-6-13-20(3)18-19-21(5-2)24(22-14-9-7-10-15-22)23-16-11-8-12-17-23/h4-19H,1-2H2,3H3/b13-6+,20-18+,21-19+. The minimum Gasteiger partial charge on any atom is -0.311 e. The van der Waals surface area contributed by atoms with Gasteiger partial charge in [-0.15, -0.1) is 0 Å². The molecule has 0 spiro atoms. The maximum absolute atomic E-state index is 4.00. The maximum atomic E-state index is 4.00. The number of anilines is 2. The number of allylic oxidation sites excluding steroid dienone is 7. The zero-order valence-corrected chi connectivity index (χ0v) is 14.1. The number of hydrogen-bond acceptors (Lipinski definition) is 1. The Balaban J connectivity index is 2.47. The maximum Gasteiger partial charge on any atom is 0.0461 e. The molecule has 120 valence electrons. The largest absolute Gasteiger partial charge is 0.311 e. The number of para-hydroxylation sites is 2. The molecule has 0 aliphatic heterocycles. The molecule has 0 bridgehead atoms. The van der Waals surface area contributed by atoms with E-state index in [4.69, 9.17) is 0 Å². The van der Waals surface area contributed by atoms with E-state index >= 15 is 0 Å². The summed E-state index contributed by atoms with van der Waals surface area (Å²) in [7, 11) is 0. The van der Waals surface area contributed by atoms with Gasteiger partial charge in [0.05, 0.1) is 0 Å². The van der Waals surface area contributed by atoms with Gasteiger partial charge in [0.15, 0.2) is 0 Å². The van der Waals surface area contributed by atoms with E-state index in [1.54, 1.807) is 6.08 Å². The van der Waals surface area contributed by atoms with Crippen LogP contribution in [0.4, 0.5) is 11.4 Å². The third-order valence-electron chi connectivity index (χ3n) is 3.51. The first-order chi connectivity index (χ1) is 11.8. The third kappa shape index (κ3) is 4.72. The molecule has 0 amide bonds. The molecule has 0 unspecified atom stereocenters. The normalized spacial score (nSPS) is 12.2. The number of benzene rings is 2. The molecule has 0 aromatic heterocycles. The highest BCUT2D eigenvalue weighted by Crippen LogP contribution is 2.29. The molecule has 2 aromatic carbocycles. The van der Waals surface area contributed by atoms with Crippen LogP contribution in [0, 0.1) is 0 Å². The summed E-state index contributed by atoms with van der Waals surface area (Å²) in [4.78, 5) is 2.19. The molecule has 0 heterocycles. The Bertz CT molecular complexity index is 710. The van der Waals surface area contributed by atoms with Crippen molar-refractivity contribution < 1.29 is 0 Å². The van der Waals surface area contributed by atoms with Crippen LogP contribution in [0.25, 0.3) is 0 Å². The summed E-state index contributed by atoms with van der Waals surface area (Å²) < 4.78 is 0. The second-order valence-electron chi connectivity index (χ2n) is 5.31. The summed E-state index contributed by atoms with van der Waals surface area (Å²) >= 11 is 0. The van der Waals surface area contributed by atoms with Gasteiger partial charge in [-0.05, 0) is 43.3 Å². The minimum atomic E-state index is 1.01. The Hall–Kier alpha value is -3.06. The van der Waals surface area contributed by atoms with Gasteiger partial charge in [0.25, 0.3) is 0 Å². The van der Waals surface area contributed by atoms with Gasteiger partial charge in [0.2, 0.25) is 0 Å². The minimum absolute atomic E-state index is 1.01. The Morgan fingerprint density at radius 3 is 1.83 bits per heavy atom. The van der Waals surface area contributed by atoms with Crippen LogP contribution in [0.3, 0.4) is 0 Å². The molecule has 2 aromatic rings. The highest BCUT2D eigenvalue weighted by Gasteiger charge is 2.11. The summed E-state index contributed by atoms with van der Waals surface area (Å²) in [5.41, 5.74) is 4.36. The van der Waals surface area contributed by atoms with Crippen molar-refractivity contribution in [1.82, 2.24) is 0 Å². The monoisotopic (exact) mass is 313 g/mol. The molecule has 0 saturated heterocycles. The van der Waals surface area contributed by atoms with Gasteiger partial charge in [-0.25, -0.2) is 0 Å². The SMILES string of the molecule is C=C/C=C/C(C)=C/C=C(\C=C)N(c1ccccc1)c1ccccc1. The van der Waals surface area contributed by atoms with E-state index in [2.05, 4.69) is 61.4 Å². The second kappa shape index (κ2) is 9.16. The van der Waals surface area contributed by atoms with Crippen LogP contribution in [0.2, 0.25) is 0 Å². The lowest BCUT2D eigenvalue weighted by atomic mass is 10.1. The van der Waals surface area contributed by atoms with E-state index in [0.717, 1.165) is 22.6 Å². The van der Waals surface area contributed by atoms with Crippen LogP contribution >= 0.6 is 0 Å². The molecular formula is C23H23N. The van der Waals surface area contributed by atoms with E-state index in [0.29, 0.717) is 0 Å². The van der Waals surface area contributed by atoms with Crippen molar-refractivity contribution in [2.75, 3.05) is 4.90 Å². The molecule has 2 rings (SSSR count).